The number of rotatable bonds is 7. The van der Waals surface area contributed by atoms with Crippen molar-refractivity contribution >= 4 is 38.4 Å². The number of ether oxygens (including phenoxy) is 1. The van der Waals surface area contributed by atoms with Crippen LogP contribution >= 0.6 is 11.6 Å². The molecular formula is C23H21ClN4O4S. The minimum Gasteiger partial charge on any atom is -0.495 e. The molecule has 0 unspecified atom stereocenters. The highest BCUT2D eigenvalue weighted by Gasteiger charge is 2.19. The highest BCUT2D eigenvalue weighted by molar-refractivity contribution is 7.90. The first kappa shape index (κ1) is 22.8. The van der Waals surface area contributed by atoms with Crippen LogP contribution in [0.5, 0.6) is 5.75 Å². The summed E-state index contributed by atoms with van der Waals surface area (Å²) in [7, 11) is -2.14. The first-order valence-electron chi connectivity index (χ1n) is 10.1. The van der Waals surface area contributed by atoms with Crippen molar-refractivity contribution in [1.29, 1.82) is 0 Å². The SMILES string of the molecule is CCS(=O)(=O)NC(=O)c1cccc(Cc2c(-c3cccnc3)[nH]c3cc(Cl)c(OC)cc23)n1. The molecule has 10 heteroatoms. The zero-order chi connectivity index (χ0) is 23.6. The van der Waals surface area contributed by atoms with E-state index < -0.39 is 15.9 Å². The molecule has 0 spiro atoms. The second-order valence-electron chi connectivity index (χ2n) is 7.28. The quantitative estimate of drug-likeness (QED) is 0.410. The molecule has 0 fully saturated rings. The summed E-state index contributed by atoms with van der Waals surface area (Å²) >= 11 is 6.33. The van der Waals surface area contributed by atoms with Gasteiger partial charge in [-0.25, -0.2) is 18.1 Å². The van der Waals surface area contributed by atoms with Crippen molar-refractivity contribution in [3.63, 3.8) is 0 Å². The zero-order valence-electron chi connectivity index (χ0n) is 17.9. The van der Waals surface area contributed by atoms with Gasteiger partial charge in [-0.1, -0.05) is 17.7 Å². The van der Waals surface area contributed by atoms with Crippen LogP contribution in [0.25, 0.3) is 22.2 Å². The number of carbonyl (C=O) groups excluding carboxylic acids is 1. The summed E-state index contributed by atoms with van der Waals surface area (Å²) in [5.41, 5.74) is 4.07. The number of sulfonamides is 1. The Morgan fingerprint density at radius 3 is 2.73 bits per heavy atom. The van der Waals surface area contributed by atoms with Crippen molar-refractivity contribution < 1.29 is 17.9 Å². The van der Waals surface area contributed by atoms with Crippen LogP contribution in [0, 0.1) is 0 Å². The Balaban J connectivity index is 1.79. The molecule has 0 radical (unpaired) electrons. The number of pyridine rings is 2. The van der Waals surface area contributed by atoms with Crippen molar-refractivity contribution in [2.45, 2.75) is 13.3 Å². The van der Waals surface area contributed by atoms with Gasteiger partial charge in [0.05, 0.1) is 23.6 Å². The lowest BCUT2D eigenvalue weighted by atomic mass is 10.0. The van der Waals surface area contributed by atoms with E-state index in [1.807, 2.05) is 22.9 Å². The van der Waals surface area contributed by atoms with Crippen molar-refractivity contribution in [2.75, 3.05) is 12.9 Å². The van der Waals surface area contributed by atoms with Crippen LogP contribution in [0.15, 0.2) is 54.9 Å². The Bertz CT molecular complexity index is 1440. The Morgan fingerprint density at radius 2 is 2.03 bits per heavy atom. The molecule has 170 valence electrons. The number of carbonyl (C=O) groups is 1. The normalized spacial score (nSPS) is 11.5. The number of aromatic amines is 1. The zero-order valence-corrected chi connectivity index (χ0v) is 19.5. The van der Waals surface area contributed by atoms with Crippen LogP contribution < -0.4 is 9.46 Å². The highest BCUT2D eigenvalue weighted by Crippen LogP contribution is 2.37. The second kappa shape index (κ2) is 9.21. The standard InChI is InChI=1S/C23H21ClN4O4S/c1-3-33(30,31)28-23(29)19-8-4-7-15(26-19)10-17-16-11-21(32-2)18(24)12-20(16)27-22(17)14-6-5-9-25-13-14/h4-9,11-13,27H,3,10H2,1-2H3,(H,28,29). The third kappa shape index (κ3) is 4.84. The van der Waals surface area contributed by atoms with E-state index in [-0.39, 0.29) is 11.4 Å². The molecule has 3 aromatic heterocycles. The maximum atomic E-state index is 12.4. The van der Waals surface area contributed by atoms with Crippen molar-refractivity contribution in [3.05, 3.63) is 76.8 Å². The van der Waals surface area contributed by atoms with E-state index in [0.717, 1.165) is 27.7 Å². The van der Waals surface area contributed by atoms with Gasteiger partial charge in [0.1, 0.15) is 11.4 Å². The van der Waals surface area contributed by atoms with E-state index in [0.29, 0.717) is 22.9 Å². The fourth-order valence-electron chi connectivity index (χ4n) is 3.50. The van der Waals surface area contributed by atoms with Crippen LogP contribution in [-0.4, -0.2) is 42.1 Å². The number of halogens is 1. The first-order valence-corrected chi connectivity index (χ1v) is 12.1. The Morgan fingerprint density at radius 1 is 1.21 bits per heavy atom. The fourth-order valence-corrected chi connectivity index (χ4v) is 4.27. The van der Waals surface area contributed by atoms with Crippen LogP contribution in [0.2, 0.25) is 5.02 Å². The molecule has 33 heavy (non-hydrogen) atoms. The van der Waals surface area contributed by atoms with Crippen molar-refractivity contribution in [1.82, 2.24) is 19.7 Å². The minimum atomic E-state index is -3.69. The van der Waals surface area contributed by atoms with E-state index in [9.17, 15) is 13.2 Å². The van der Waals surface area contributed by atoms with Gasteiger partial charge in [-0.15, -0.1) is 0 Å². The number of hydrogen-bond donors (Lipinski definition) is 2. The molecule has 0 aliphatic carbocycles. The molecule has 0 saturated heterocycles. The topological polar surface area (TPSA) is 114 Å². The summed E-state index contributed by atoms with van der Waals surface area (Å²) in [6, 6.07) is 12.4. The Labute approximate surface area is 196 Å². The molecule has 2 N–H and O–H groups in total. The summed E-state index contributed by atoms with van der Waals surface area (Å²) in [6.07, 6.45) is 3.82. The van der Waals surface area contributed by atoms with E-state index >= 15 is 0 Å². The second-order valence-corrected chi connectivity index (χ2v) is 9.70. The maximum Gasteiger partial charge on any atom is 0.283 e. The third-order valence-corrected chi connectivity index (χ3v) is 6.71. The average molecular weight is 485 g/mol. The number of amides is 1. The Hall–Kier alpha value is -3.43. The number of benzene rings is 1. The fraction of sp³-hybridized carbons (Fsp3) is 0.174. The molecular weight excluding hydrogens is 464 g/mol. The summed E-state index contributed by atoms with van der Waals surface area (Å²) < 4.78 is 31.0. The minimum absolute atomic E-state index is 0.0212. The Kier molecular flexibility index (Phi) is 6.35. The molecule has 8 nitrogen and oxygen atoms in total. The van der Waals surface area contributed by atoms with Gasteiger partial charge in [-0.2, -0.15) is 0 Å². The van der Waals surface area contributed by atoms with Gasteiger partial charge in [0, 0.05) is 41.0 Å². The summed E-state index contributed by atoms with van der Waals surface area (Å²) in [5, 5.41) is 1.37. The maximum absolute atomic E-state index is 12.4. The number of fused-ring (bicyclic) bond motifs is 1. The van der Waals surface area contributed by atoms with E-state index in [1.165, 1.54) is 13.0 Å². The predicted octanol–water partition coefficient (Wildman–Crippen LogP) is 3.96. The molecule has 0 aliphatic heterocycles. The largest absolute Gasteiger partial charge is 0.495 e. The molecule has 1 aromatic carbocycles. The first-order chi connectivity index (χ1) is 15.8. The van der Waals surface area contributed by atoms with Gasteiger partial charge in [0.15, 0.2) is 0 Å². The monoisotopic (exact) mass is 484 g/mol. The van der Waals surface area contributed by atoms with Gasteiger partial charge in [-0.05, 0) is 48.9 Å². The van der Waals surface area contributed by atoms with Crippen LogP contribution in [-0.2, 0) is 16.4 Å². The lowest BCUT2D eigenvalue weighted by molar-refractivity contribution is 0.0976. The molecule has 4 aromatic rings. The predicted molar refractivity (Wildman–Crippen MR) is 127 cm³/mol. The van der Waals surface area contributed by atoms with E-state index in [2.05, 4.69) is 15.0 Å². The van der Waals surface area contributed by atoms with Crippen LogP contribution in [0.1, 0.15) is 28.7 Å². The molecule has 0 atom stereocenters. The molecule has 3 heterocycles. The van der Waals surface area contributed by atoms with E-state index in [4.69, 9.17) is 16.3 Å². The summed E-state index contributed by atoms with van der Waals surface area (Å²) in [5.74, 6) is -0.432. The number of aromatic nitrogens is 3. The van der Waals surface area contributed by atoms with Gasteiger partial charge < -0.3 is 9.72 Å². The average Bonchev–Trinajstić information content (AvgIpc) is 3.15. The number of nitrogens with zero attached hydrogens (tertiary/aromatic N) is 2. The number of methoxy groups -OCH3 is 1. The lowest BCUT2D eigenvalue weighted by Gasteiger charge is -2.08. The van der Waals surface area contributed by atoms with Crippen LogP contribution in [0.3, 0.4) is 0 Å². The molecule has 4 rings (SSSR count). The highest BCUT2D eigenvalue weighted by atomic mass is 35.5. The molecule has 0 saturated carbocycles. The number of hydrogen-bond acceptors (Lipinski definition) is 6. The summed E-state index contributed by atoms with van der Waals surface area (Å²) in [4.78, 5) is 24.4. The number of nitrogens with one attached hydrogen (secondary N) is 2. The molecule has 0 aliphatic rings. The molecule has 1 amide bonds. The summed E-state index contributed by atoms with van der Waals surface area (Å²) in [6.45, 7) is 1.46. The van der Waals surface area contributed by atoms with E-state index in [1.54, 1.807) is 37.7 Å². The van der Waals surface area contributed by atoms with Crippen LogP contribution in [0.4, 0.5) is 0 Å². The lowest BCUT2D eigenvalue weighted by Crippen LogP contribution is -2.32. The van der Waals surface area contributed by atoms with Crippen molar-refractivity contribution in [3.8, 4) is 17.0 Å². The smallest absolute Gasteiger partial charge is 0.283 e. The third-order valence-electron chi connectivity index (χ3n) is 5.15. The number of H-pyrrole nitrogens is 1. The van der Waals surface area contributed by atoms with Gasteiger partial charge in [-0.3, -0.25) is 9.78 Å². The molecule has 0 bridgehead atoms. The van der Waals surface area contributed by atoms with Crippen molar-refractivity contribution in [2.24, 2.45) is 0 Å². The van der Waals surface area contributed by atoms with Gasteiger partial charge in [0.2, 0.25) is 10.0 Å². The van der Waals surface area contributed by atoms with Gasteiger partial charge in [0.25, 0.3) is 5.91 Å². The van der Waals surface area contributed by atoms with Gasteiger partial charge >= 0.3 is 0 Å².